The van der Waals surface area contributed by atoms with Crippen LogP contribution in [0.4, 0.5) is 13.2 Å². The third-order valence-corrected chi connectivity index (χ3v) is 4.56. The summed E-state index contributed by atoms with van der Waals surface area (Å²) in [7, 11) is 2.06. The topological polar surface area (TPSA) is 90.7 Å². The van der Waals surface area contributed by atoms with Crippen molar-refractivity contribution in [2.75, 3.05) is 13.6 Å². The largest absolute Gasteiger partial charge is 0.478 e. The normalized spacial score (nSPS) is 16.9. The summed E-state index contributed by atoms with van der Waals surface area (Å²) < 4.78 is 38.5. The Labute approximate surface area is 171 Å². The van der Waals surface area contributed by atoms with Gasteiger partial charge in [-0.25, -0.2) is 9.59 Å². The lowest BCUT2D eigenvalue weighted by Crippen LogP contribution is -2.17. The molecule has 2 heterocycles. The summed E-state index contributed by atoms with van der Waals surface area (Å²) in [6.45, 7) is 1.04. The van der Waals surface area contributed by atoms with Crippen LogP contribution in [0.15, 0.2) is 54.9 Å². The summed E-state index contributed by atoms with van der Waals surface area (Å²) in [5.41, 5.74) is 1.71. The monoisotopic (exact) mass is 422 g/mol. The van der Waals surface area contributed by atoms with E-state index in [0.717, 1.165) is 36.6 Å². The van der Waals surface area contributed by atoms with E-state index in [1.165, 1.54) is 12.1 Å². The molecule has 2 aromatic rings. The van der Waals surface area contributed by atoms with Crippen molar-refractivity contribution >= 4 is 11.9 Å². The first-order valence-electron chi connectivity index (χ1n) is 9.04. The Hall–Kier alpha value is -3.20. The molecule has 1 fully saturated rings. The summed E-state index contributed by atoms with van der Waals surface area (Å²) in [5.74, 6) is -2.51. The van der Waals surface area contributed by atoms with Crippen molar-refractivity contribution in [1.29, 1.82) is 0 Å². The average molecular weight is 422 g/mol. The highest BCUT2D eigenvalue weighted by molar-refractivity contribution is 5.89. The molecule has 6 nitrogen and oxygen atoms in total. The Bertz CT molecular complexity index is 912. The number of likely N-dealkylation sites (tertiary alicyclic amines) is 1. The Morgan fingerprint density at radius 1 is 1.10 bits per heavy atom. The standard InChI is InChI=1S/C17H17F3N2.C4H4O4/c1-22-7-3-6-16(22)14-8-13(10-21-11-14)12-4-2-5-15(9-12)17(18,19)20;5-3(6)1-2-4(7)8/h2,4-5,8-11,16H,3,6-7H2,1H3;1-2H,(H,5,6)(H,7,8). The number of hydrogen-bond donors (Lipinski definition) is 2. The maximum atomic E-state index is 12.8. The second-order valence-electron chi connectivity index (χ2n) is 6.73. The highest BCUT2D eigenvalue weighted by Gasteiger charge is 2.30. The van der Waals surface area contributed by atoms with Crippen molar-refractivity contribution in [3.05, 3.63) is 66.0 Å². The van der Waals surface area contributed by atoms with Crippen LogP contribution in [0.25, 0.3) is 11.1 Å². The molecule has 1 aromatic carbocycles. The highest BCUT2D eigenvalue weighted by atomic mass is 19.4. The number of aromatic nitrogens is 1. The minimum absolute atomic E-state index is 0.304. The number of carboxylic acid groups (broad SMARTS) is 2. The molecule has 3 rings (SSSR count). The van der Waals surface area contributed by atoms with E-state index < -0.39 is 23.7 Å². The van der Waals surface area contributed by atoms with E-state index in [0.29, 0.717) is 23.8 Å². The van der Waals surface area contributed by atoms with E-state index in [4.69, 9.17) is 10.2 Å². The number of rotatable bonds is 4. The van der Waals surface area contributed by atoms with Crippen LogP contribution in [-0.2, 0) is 15.8 Å². The van der Waals surface area contributed by atoms with Gasteiger partial charge in [0.2, 0.25) is 0 Å². The summed E-state index contributed by atoms with van der Waals surface area (Å²) in [6, 6.07) is 7.65. The average Bonchev–Trinajstić information content (AvgIpc) is 3.12. The lowest BCUT2D eigenvalue weighted by molar-refractivity contribution is -0.137. The van der Waals surface area contributed by atoms with Gasteiger partial charge in [-0.05, 0) is 55.8 Å². The molecule has 30 heavy (non-hydrogen) atoms. The molecule has 160 valence electrons. The van der Waals surface area contributed by atoms with E-state index in [-0.39, 0.29) is 0 Å². The molecule has 2 N–H and O–H groups in total. The van der Waals surface area contributed by atoms with Crippen molar-refractivity contribution in [3.8, 4) is 11.1 Å². The zero-order valence-corrected chi connectivity index (χ0v) is 16.1. The predicted octanol–water partition coefficient (Wildman–Crippen LogP) is 4.25. The first kappa shape index (κ1) is 23.1. The lowest BCUT2D eigenvalue weighted by Gasteiger charge is -2.20. The van der Waals surface area contributed by atoms with E-state index in [1.807, 2.05) is 12.3 Å². The van der Waals surface area contributed by atoms with Crippen LogP contribution in [0.1, 0.15) is 30.0 Å². The number of carboxylic acids is 2. The molecule has 1 aliphatic rings. The maximum absolute atomic E-state index is 12.8. The molecule has 9 heteroatoms. The lowest BCUT2D eigenvalue weighted by atomic mass is 10.00. The van der Waals surface area contributed by atoms with Crippen LogP contribution in [-0.4, -0.2) is 45.6 Å². The molecule has 0 saturated carbocycles. The van der Waals surface area contributed by atoms with Gasteiger partial charge in [0.1, 0.15) is 0 Å². The van der Waals surface area contributed by atoms with E-state index >= 15 is 0 Å². The summed E-state index contributed by atoms with van der Waals surface area (Å²) in [4.78, 5) is 25.6. The first-order valence-corrected chi connectivity index (χ1v) is 9.04. The molecule has 0 aliphatic carbocycles. The van der Waals surface area contributed by atoms with Gasteiger partial charge in [-0.15, -0.1) is 0 Å². The summed E-state index contributed by atoms with van der Waals surface area (Å²) >= 11 is 0. The molecule has 1 atom stereocenters. The molecule has 1 aliphatic heterocycles. The van der Waals surface area contributed by atoms with Gasteiger partial charge in [0.15, 0.2) is 0 Å². The van der Waals surface area contributed by atoms with E-state index in [1.54, 1.807) is 12.3 Å². The third-order valence-electron chi connectivity index (χ3n) is 4.56. The van der Waals surface area contributed by atoms with Crippen molar-refractivity contribution in [2.24, 2.45) is 0 Å². The van der Waals surface area contributed by atoms with E-state index in [2.05, 4.69) is 16.9 Å². The fraction of sp³-hybridized carbons (Fsp3) is 0.286. The number of nitrogens with zero attached hydrogens (tertiary/aromatic N) is 2. The van der Waals surface area contributed by atoms with Crippen LogP contribution in [0.2, 0.25) is 0 Å². The molecular formula is C21H21F3N2O4. The van der Waals surface area contributed by atoms with Gasteiger partial charge in [-0.1, -0.05) is 12.1 Å². The summed E-state index contributed by atoms with van der Waals surface area (Å²) in [5, 5.41) is 15.6. The van der Waals surface area contributed by atoms with Crippen molar-refractivity contribution in [3.63, 3.8) is 0 Å². The Morgan fingerprint density at radius 3 is 2.30 bits per heavy atom. The number of pyridine rings is 1. The van der Waals surface area contributed by atoms with Gasteiger partial charge in [0.25, 0.3) is 0 Å². The fourth-order valence-corrected chi connectivity index (χ4v) is 3.15. The molecule has 1 aromatic heterocycles. The molecule has 1 unspecified atom stereocenters. The van der Waals surface area contributed by atoms with Crippen LogP contribution in [0.5, 0.6) is 0 Å². The van der Waals surface area contributed by atoms with Crippen molar-refractivity contribution in [2.45, 2.75) is 25.1 Å². The second kappa shape index (κ2) is 10.0. The minimum atomic E-state index is -4.33. The quantitative estimate of drug-likeness (QED) is 0.716. The Kier molecular flexibility index (Phi) is 7.71. The first-order chi connectivity index (χ1) is 14.1. The van der Waals surface area contributed by atoms with E-state index in [9.17, 15) is 22.8 Å². The minimum Gasteiger partial charge on any atom is -0.478 e. The van der Waals surface area contributed by atoms with Gasteiger partial charge >= 0.3 is 18.1 Å². The maximum Gasteiger partial charge on any atom is 0.416 e. The van der Waals surface area contributed by atoms with Crippen molar-refractivity contribution < 1.29 is 33.0 Å². The number of aliphatic carboxylic acids is 2. The van der Waals surface area contributed by atoms with Crippen LogP contribution in [0.3, 0.4) is 0 Å². The highest BCUT2D eigenvalue weighted by Crippen LogP contribution is 2.34. The molecular weight excluding hydrogens is 401 g/mol. The van der Waals surface area contributed by atoms with Crippen molar-refractivity contribution in [1.82, 2.24) is 9.88 Å². The second-order valence-corrected chi connectivity index (χ2v) is 6.73. The number of halogens is 3. The molecule has 1 saturated heterocycles. The zero-order chi connectivity index (χ0) is 22.3. The smallest absolute Gasteiger partial charge is 0.416 e. The van der Waals surface area contributed by atoms with Crippen LogP contribution >= 0.6 is 0 Å². The van der Waals surface area contributed by atoms with Gasteiger partial charge in [0, 0.05) is 36.2 Å². The molecule has 0 radical (unpaired) electrons. The SMILES string of the molecule is CN1CCCC1c1cncc(-c2cccc(C(F)(F)F)c2)c1.O=C(O)C=CC(=O)O. The number of benzene rings is 1. The number of alkyl halides is 3. The molecule has 0 bridgehead atoms. The van der Waals surface area contributed by atoms with Gasteiger partial charge < -0.3 is 10.2 Å². The van der Waals surface area contributed by atoms with Crippen LogP contribution < -0.4 is 0 Å². The molecule has 0 amide bonds. The zero-order valence-electron chi connectivity index (χ0n) is 16.1. The van der Waals surface area contributed by atoms with Gasteiger partial charge in [-0.2, -0.15) is 13.2 Å². The summed E-state index contributed by atoms with van der Waals surface area (Å²) in [6.07, 6.45) is 2.41. The number of carbonyl (C=O) groups is 2. The fourth-order valence-electron chi connectivity index (χ4n) is 3.15. The molecule has 0 spiro atoms. The van der Waals surface area contributed by atoms with Gasteiger partial charge in [0.05, 0.1) is 5.56 Å². The third kappa shape index (κ3) is 6.70. The van der Waals surface area contributed by atoms with Crippen LogP contribution in [0, 0.1) is 0 Å². The Morgan fingerprint density at radius 2 is 1.77 bits per heavy atom. The van der Waals surface area contributed by atoms with Gasteiger partial charge in [-0.3, -0.25) is 9.88 Å². The predicted molar refractivity (Wildman–Crippen MR) is 104 cm³/mol. The number of hydrogen-bond acceptors (Lipinski definition) is 4. The Balaban J connectivity index is 0.000000343.